The Labute approximate surface area is 734 Å². The summed E-state index contributed by atoms with van der Waals surface area (Å²) >= 11 is 0. The molecule has 0 unspecified atom stereocenters. The fraction of sp³-hybridized carbons (Fsp3) is 0.511. The minimum Gasteiger partial charge on any atom is -0.495 e. The van der Waals surface area contributed by atoms with Crippen molar-refractivity contribution >= 4 is 117 Å². The highest BCUT2D eigenvalue weighted by Crippen LogP contribution is 2.47. The number of nitrogens with one attached hydrogen (secondary N) is 6. The Hall–Kier alpha value is -12.0. The van der Waals surface area contributed by atoms with Crippen molar-refractivity contribution in [3.8, 4) is 11.5 Å². The van der Waals surface area contributed by atoms with Crippen molar-refractivity contribution in [1.29, 1.82) is 0 Å². The van der Waals surface area contributed by atoms with Crippen molar-refractivity contribution in [2.24, 2.45) is 27.6 Å². The molecule has 31 heteroatoms. The molecule has 125 heavy (non-hydrogen) atoms. The van der Waals surface area contributed by atoms with Crippen molar-refractivity contribution in [2.45, 2.75) is 176 Å². The Morgan fingerprint density at radius 1 is 0.464 bits per heavy atom. The molecule has 9 heterocycles. The molecule has 1 atom stereocenters. The van der Waals surface area contributed by atoms with E-state index >= 15 is 0 Å². The second-order valence-electron chi connectivity index (χ2n) is 36.9. The average molecular weight is 1710 g/mol. The standard InChI is InChI=1S/C24H32N6O4.C24H31N5O.C23H30N6O3.C23H31N5O/c1-24(2)14-30(16-8-10-34-11-9-16)20-18(29(4)22(24)32)13-26-23(28-20)27-17-7-6-15(21(31)25-3)12-19(17)33-5;1-24(2)15-29(17-9-5-6-10-17)21-20(28(3)22(24)30)14-25-23(27-21)26-19-13-12-16-8-4-7-11-18(16)19;1-23(2)13-29(12-14-6-7-14)19-17(28(4)21(23)31)11-25-22(27-19)26-16-9-8-15(20(30)24-3)10-18(16)32-5;1-23(2)16-28(18-11-7-8-12-18)20-19(27(3)21(23)29)15-25-22(26-20)24-14-13-17-9-5-4-6-10-17/h6-7,12-13,16H,8-11,14H2,1-5H3,(H,25,31)(H,26,27,28);4,7-8,11,14,17,19H,5-6,9-10,12-13,15H2,1-3H3,(H,25,26,27);8-11,14H,6-7,12-13H2,1-5H3,(H,24,30)(H,25,26,27);4-6,9-10,15,18H,7-8,11-14,16H2,1-3H3,(H,24,25,26)/t;19-;;/m.1../s1. The molecule has 4 aromatic heterocycles. The van der Waals surface area contributed by atoms with Crippen molar-refractivity contribution in [3.05, 3.63) is 144 Å². The predicted octanol–water partition coefficient (Wildman–Crippen LogP) is 13.6. The van der Waals surface area contributed by atoms with Crippen LogP contribution in [0.5, 0.6) is 11.5 Å². The minimum atomic E-state index is -0.583. The van der Waals surface area contributed by atoms with Gasteiger partial charge in [-0.25, -0.2) is 19.9 Å². The third-order valence-electron chi connectivity index (χ3n) is 25.6. The normalized spacial score (nSPS) is 19.5. The molecule has 4 aliphatic carbocycles. The maximum Gasteiger partial charge on any atom is 0.251 e. The summed E-state index contributed by atoms with van der Waals surface area (Å²) in [5.41, 5.74) is 7.26. The summed E-state index contributed by atoms with van der Waals surface area (Å²) in [6.45, 7) is 21.6. The number of ether oxygens (including phenoxy) is 3. The number of amides is 6. The molecule has 9 aliphatic rings. The van der Waals surface area contributed by atoms with Crippen LogP contribution >= 0.6 is 0 Å². The van der Waals surface area contributed by atoms with E-state index in [1.807, 2.05) is 81.7 Å². The highest BCUT2D eigenvalue weighted by Gasteiger charge is 2.47. The lowest BCUT2D eigenvalue weighted by Gasteiger charge is -2.37. The Balaban J connectivity index is 0.000000136. The molecule has 4 fully saturated rings. The molecule has 6 amide bonds. The second-order valence-corrected chi connectivity index (χ2v) is 36.9. The van der Waals surface area contributed by atoms with Gasteiger partial charge in [0.1, 0.15) is 34.2 Å². The van der Waals surface area contributed by atoms with Gasteiger partial charge in [-0.2, -0.15) is 19.9 Å². The van der Waals surface area contributed by atoms with Crippen molar-refractivity contribution in [3.63, 3.8) is 0 Å². The van der Waals surface area contributed by atoms with Gasteiger partial charge in [0.15, 0.2) is 23.3 Å². The van der Waals surface area contributed by atoms with Crippen LogP contribution in [-0.4, -0.2) is 202 Å². The van der Waals surface area contributed by atoms with Gasteiger partial charge in [-0.15, -0.1) is 0 Å². The number of hydrogen-bond donors (Lipinski definition) is 6. The van der Waals surface area contributed by atoms with Crippen LogP contribution in [0.1, 0.15) is 182 Å². The van der Waals surface area contributed by atoms with E-state index in [1.165, 1.54) is 55.2 Å². The number of rotatable bonds is 19. The zero-order chi connectivity index (χ0) is 88.8. The summed E-state index contributed by atoms with van der Waals surface area (Å²) in [4.78, 5) is 130. The average Bonchev–Trinajstić information content (AvgIpc) is 1.62. The minimum absolute atomic E-state index is 0.0269. The summed E-state index contributed by atoms with van der Waals surface area (Å²) in [6.07, 6.45) is 23.8. The molecular formula is C94H124N22O9. The second kappa shape index (κ2) is 37.8. The van der Waals surface area contributed by atoms with Crippen LogP contribution in [0, 0.1) is 27.6 Å². The van der Waals surface area contributed by atoms with Gasteiger partial charge in [0.05, 0.1) is 78.1 Å². The lowest BCUT2D eigenvalue weighted by Crippen LogP contribution is -2.47. The summed E-state index contributed by atoms with van der Waals surface area (Å²) in [6, 6.07) is 30.6. The molecule has 31 nitrogen and oxygen atoms in total. The fourth-order valence-electron chi connectivity index (χ4n) is 18.5. The summed E-state index contributed by atoms with van der Waals surface area (Å²) in [5, 5.41) is 18.6. The Kier molecular flexibility index (Phi) is 27.0. The molecule has 17 rings (SSSR count). The summed E-state index contributed by atoms with van der Waals surface area (Å²) in [5.74, 6) is 6.86. The number of aryl methyl sites for hydroxylation is 1. The van der Waals surface area contributed by atoms with E-state index in [0.29, 0.717) is 132 Å². The van der Waals surface area contributed by atoms with Gasteiger partial charge in [-0.05, 0) is 185 Å². The number of nitrogens with zero attached hydrogens (tertiary/aromatic N) is 16. The van der Waals surface area contributed by atoms with E-state index in [9.17, 15) is 28.8 Å². The Morgan fingerprint density at radius 3 is 1.32 bits per heavy atom. The van der Waals surface area contributed by atoms with Gasteiger partial charge in [-0.3, -0.25) is 28.8 Å². The molecule has 6 N–H and O–H groups in total. The van der Waals surface area contributed by atoms with Crippen LogP contribution in [0.4, 0.5) is 81.2 Å². The maximum absolute atomic E-state index is 13.2. The summed E-state index contributed by atoms with van der Waals surface area (Å²) < 4.78 is 16.5. The smallest absolute Gasteiger partial charge is 0.251 e. The number of fused-ring (bicyclic) bond motifs is 5. The van der Waals surface area contributed by atoms with Crippen LogP contribution in [-0.2, 0) is 36.8 Å². The fourth-order valence-corrected chi connectivity index (χ4v) is 18.5. The third kappa shape index (κ3) is 19.9. The molecule has 5 aliphatic heterocycles. The zero-order valence-corrected chi connectivity index (χ0v) is 75.4. The van der Waals surface area contributed by atoms with Crippen LogP contribution < -0.4 is 80.6 Å². The number of carbonyl (C=O) groups excluding carboxylic acids is 6. The van der Waals surface area contributed by atoms with Crippen LogP contribution in [0.3, 0.4) is 0 Å². The van der Waals surface area contributed by atoms with Gasteiger partial charge in [0.2, 0.25) is 47.4 Å². The number of hydrogen-bond acceptors (Lipinski definition) is 25. The number of benzene rings is 4. The van der Waals surface area contributed by atoms with E-state index in [-0.39, 0.29) is 47.5 Å². The number of anilines is 14. The van der Waals surface area contributed by atoms with Crippen LogP contribution in [0.2, 0.25) is 0 Å². The van der Waals surface area contributed by atoms with E-state index in [1.54, 1.807) is 117 Å². The highest BCUT2D eigenvalue weighted by molar-refractivity contribution is 6.04. The number of carbonyl (C=O) groups is 6. The first-order valence-electron chi connectivity index (χ1n) is 44.1. The molecule has 4 aromatic carbocycles. The third-order valence-corrected chi connectivity index (χ3v) is 25.6. The van der Waals surface area contributed by atoms with Crippen molar-refractivity contribution < 1.29 is 43.0 Å². The molecular weight excluding hydrogens is 1580 g/mol. The molecule has 0 spiro atoms. The molecule has 664 valence electrons. The largest absolute Gasteiger partial charge is 0.495 e. The van der Waals surface area contributed by atoms with Crippen molar-refractivity contribution in [1.82, 2.24) is 50.5 Å². The predicted molar refractivity (Wildman–Crippen MR) is 491 cm³/mol. The van der Waals surface area contributed by atoms with Gasteiger partial charge in [-0.1, -0.05) is 80.3 Å². The molecule has 1 saturated heterocycles. The first kappa shape index (κ1) is 89.3. The number of aromatic nitrogens is 8. The van der Waals surface area contributed by atoms with Gasteiger partial charge in [0.25, 0.3) is 11.8 Å². The molecule has 0 radical (unpaired) electrons. The summed E-state index contributed by atoms with van der Waals surface area (Å²) in [7, 11) is 13.5. The van der Waals surface area contributed by atoms with E-state index in [4.69, 9.17) is 34.1 Å². The molecule has 0 bridgehead atoms. The maximum atomic E-state index is 13.2. The molecule has 3 saturated carbocycles. The van der Waals surface area contributed by atoms with Crippen molar-refractivity contribution in [2.75, 3.05) is 169 Å². The Bertz CT molecular complexity index is 5240. The molecule has 8 aromatic rings. The van der Waals surface area contributed by atoms with E-state index in [0.717, 1.165) is 99.7 Å². The van der Waals surface area contributed by atoms with Gasteiger partial charge < -0.3 is 85.3 Å². The monoisotopic (exact) mass is 1700 g/mol. The van der Waals surface area contributed by atoms with Gasteiger partial charge in [0, 0.05) is 124 Å². The first-order chi connectivity index (χ1) is 59.9. The van der Waals surface area contributed by atoms with E-state index < -0.39 is 21.7 Å². The zero-order valence-electron chi connectivity index (χ0n) is 75.4. The highest BCUT2D eigenvalue weighted by atomic mass is 16.5. The Morgan fingerprint density at radius 2 is 0.864 bits per heavy atom. The topological polar surface area (TPSA) is 331 Å². The van der Waals surface area contributed by atoms with Crippen LogP contribution in [0.25, 0.3) is 0 Å². The quantitative estimate of drug-likeness (QED) is 0.0438. The lowest BCUT2D eigenvalue weighted by molar-refractivity contribution is -0.126. The SMILES string of the molecule is CN1C(=O)C(C)(C)CN(C2CCCC2)c2nc(NCCc3ccccc3)ncc21.CN1C(=O)C(C)(C)CN(C2CCCC2)c2nc(N[C@@H]3CCc4ccccc43)ncc21.CNC(=O)c1ccc(Nc2ncc3c(n2)N(C2CCOCC2)CC(C)(C)C(=O)N3C)c(OC)c1.CNC(=O)c1ccc(Nc2ncc3c(n2)N(CC2CC2)CC(C)(C)C(=O)N3C)c(OC)c1. The first-order valence-corrected chi connectivity index (χ1v) is 44.1. The lowest BCUT2D eigenvalue weighted by atomic mass is 9.90. The van der Waals surface area contributed by atoms with E-state index in [2.05, 4.69) is 120 Å². The van der Waals surface area contributed by atoms with Gasteiger partial charge >= 0.3 is 0 Å². The number of methoxy groups -OCH3 is 2. The van der Waals surface area contributed by atoms with Crippen LogP contribution in [0.15, 0.2) is 116 Å².